The van der Waals surface area contributed by atoms with Gasteiger partial charge in [0.05, 0.1) is 20.0 Å². The number of aromatic nitrogens is 1. The Balaban J connectivity index is 0.000000207. The summed E-state index contributed by atoms with van der Waals surface area (Å²) in [4.78, 5) is 4.48. The Morgan fingerprint density at radius 1 is 1.06 bits per heavy atom. The summed E-state index contributed by atoms with van der Waals surface area (Å²) in [5.74, 6) is 1.26. The maximum Gasteiger partial charge on any atom is 0.149 e. The Bertz CT molecular complexity index is 1220. The van der Waals surface area contributed by atoms with Gasteiger partial charge in [-0.25, -0.2) is 4.39 Å². The molecule has 3 aromatic rings. The van der Waals surface area contributed by atoms with Crippen molar-refractivity contribution in [1.82, 2.24) is 4.98 Å². The first-order valence-corrected chi connectivity index (χ1v) is 10.9. The number of para-hydroxylation sites is 1. The molecular weight excluding hydrogens is 429 g/mol. The Morgan fingerprint density at radius 3 is 2.47 bits per heavy atom. The van der Waals surface area contributed by atoms with Gasteiger partial charge in [-0.3, -0.25) is 9.19 Å². The summed E-state index contributed by atoms with van der Waals surface area (Å²) in [6, 6.07) is 12.8. The van der Waals surface area contributed by atoms with E-state index in [-0.39, 0.29) is 10.7 Å². The summed E-state index contributed by atoms with van der Waals surface area (Å²) >= 11 is -2.16. The molecule has 1 aromatic heterocycles. The molecule has 0 fully saturated rings. The molecule has 0 radical (unpaired) electrons. The molecule has 0 spiro atoms. The van der Waals surface area contributed by atoms with Crippen LogP contribution in [0.5, 0.6) is 5.75 Å². The molecule has 7 heteroatoms. The first kappa shape index (κ1) is 23.4. The van der Waals surface area contributed by atoms with Crippen molar-refractivity contribution in [3.05, 3.63) is 95.0 Å². The topological polar surface area (TPSA) is 71.5 Å². The molecular formula is C25H23FNO4S-. The minimum Gasteiger partial charge on any atom is -0.768 e. The number of nitrogens with zero attached hydrogens (tertiary/aromatic N) is 1. The van der Waals surface area contributed by atoms with Crippen LogP contribution in [0, 0.1) is 12.7 Å². The van der Waals surface area contributed by atoms with Crippen molar-refractivity contribution < 1.29 is 22.6 Å². The summed E-state index contributed by atoms with van der Waals surface area (Å²) < 4.78 is 45.0. The average Bonchev–Trinajstić information content (AvgIpc) is 3.06. The maximum absolute atomic E-state index is 13.8. The molecule has 0 saturated heterocycles. The summed E-state index contributed by atoms with van der Waals surface area (Å²) in [6.45, 7) is 1.98. The highest BCUT2D eigenvalue weighted by molar-refractivity contribution is 7.83. The molecule has 0 N–H and O–H groups in total. The van der Waals surface area contributed by atoms with E-state index in [0.29, 0.717) is 11.9 Å². The van der Waals surface area contributed by atoms with Gasteiger partial charge in [-0.1, -0.05) is 36.4 Å². The van der Waals surface area contributed by atoms with Crippen LogP contribution in [-0.2, 0) is 15.8 Å². The minimum absolute atomic E-state index is 0.280. The second-order valence-corrected chi connectivity index (χ2v) is 7.87. The van der Waals surface area contributed by atoms with E-state index < -0.39 is 11.1 Å². The molecule has 2 aromatic carbocycles. The standard InChI is InChI=1S/C17H14FNO.C8H10O3S/c1-11-10-19-17-14(4-3-5-15(17)18)16(11)12-6-8-13(20-2)9-7-12;1-11-7-3-2-4-8(6-5-7)12(9)10/h3-10H,1-2H3;2,4-6H,3H2,1H3,(H,9,10)/p-1. The highest BCUT2D eigenvalue weighted by Gasteiger charge is 2.11. The van der Waals surface area contributed by atoms with E-state index in [1.807, 2.05) is 37.3 Å². The van der Waals surface area contributed by atoms with Crippen molar-refractivity contribution >= 4 is 22.0 Å². The molecule has 0 aliphatic heterocycles. The number of fused-ring (bicyclic) bond motifs is 1. The third-order valence-corrected chi connectivity index (χ3v) is 5.56. The second-order valence-electron chi connectivity index (χ2n) is 6.93. The quantitative estimate of drug-likeness (QED) is 0.482. The molecule has 166 valence electrons. The molecule has 0 amide bonds. The van der Waals surface area contributed by atoms with Crippen LogP contribution in [0.1, 0.15) is 12.0 Å². The van der Waals surface area contributed by atoms with Crippen LogP contribution in [0.3, 0.4) is 0 Å². The fourth-order valence-corrected chi connectivity index (χ4v) is 3.67. The molecule has 1 aliphatic carbocycles. The van der Waals surface area contributed by atoms with Gasteiger partial charge in [-0.05, 0) is 65.0 Å². The predicted octanol–water partition coefficient (Wildman–Crippen LogP) is 5.60. The Labute approximate surface area is 189 Å². The first-order chi connectivity index (χ1) is 15.4. The van der Waals surface area contributed by atoms with Crippen molar-refractivity contribution in [3.8, 4) is 16.9 Å². The van der Waals surface area contributed by atoms with Crippen molar-refractivity contribution in [3.63, 3.8) is 0 Å². The fourth-order valence-electron chi connectivity index (χ4n) is 3.28. The first-order valence-electron chi connectivity index (χ1n) is 9.83. The van der Waals surface area contributed by atoms with Gasteiger partial charge >= 0.3 is 0 Å². The van der Waals surface area contributed by atoms with E-state index in [4.69, 9.17) is 9.47 Å². The van der Waals surface area contributed by atoms with Crippen LogP contribution in [0.25, 0.3) is 22.0 Å². The number of rotatable bonds is 4. The third kappa shape index (κ3) is 5.49. The highest BCUT2D eigenvalue weighted by Crippen LogP contribution is 2.32. The Hall–Kier alpha value is -3.29. The van der Waals surface area contributed by atoms with Crippen LogP contribution in [-0.4, -0.2) is 28.0 Å². The molecule has 1 atom stereocenters. The van der Waals surface area contributed by atoms with E-state index in [1.54, 1.807) is 44.7 Å². The molecule has 5 nitrogen and oxygen atoms in total. The number of ether oxygens (including phenoxy) is 2. The SMILES string of the molecule is COC1=CC=C(S(=O)[O-])C=CC1.COc1ccc(-c2c(C)cnc3c(F)cccc23)cc1. The van der Waals surface area contributed by atoms with Crippen LogP contribution in [0.2, 0.25) is 0 Å². The van der Waals surface area contributed by atoms with E-state index in [2.05, 4.69) is 4.98 Å². The van der Waals surface area contributed by atoms with Gasteiger partial charge < -0.3 is 14.0 Å². The number of hydrogen-bond donors (Lipinski definition) is 0. The number of hydrogen-bond acceptors (Lipinski definition) is 5. The molecule has 1 aliphatic rings. The maximum atomic E-state index is 13.8. The van der Waals surface area contributed by atoms with Crippen LogP contribution in [0.15, 0.2) is 83.6 Å². The fraction of sp³-hybridized carbons (Fsp3) is 0.160. The van der Waals surface area contributed by atoms with Gasteiger partial charge in [0, 0.05) is 22.9 Å². The van der Waals surface area contributed by atoms with E-state index in [9.17, 15) is 13.2 Å². The summed E-state index contributed by atoms with van der Waals surface area (Å²) in [5.41, 5.74) is 3.47. The highest BCUT2D eigenvalue weighted by atomic mass is 32.2. The molecule has 0 bridgehead atoms. The lowest BCUT2D eigenvalue weighted by molar-refractivity contribution is 0.285. The van der Waals surface area contributed by atoms with Gasteiger partial charge in [-0.15, -0.1) is 0 Å². The van der Waals surface area contributed by atoms with Crippen molar-refractivity contribution in [2.24, 2.45) is 0 Å². The molecule has 0 saturated carbocycles. The van der Waals surface area contributed by atoms with E-state index in [0.717, 1.165) is 33.6 Å². The molecule has 1 unspecified atom stereocenters. The zero-order valence-corrected chi connectivity index (χ0v) is 18.8. The van der Waals surface area contributed by atoms with Crippen LogP contribution < -0.4 is 4.74 Å². The largest absolute Gasteiger partial charge is 0.768 e. The molecule has 32 heavy (non-hydrogen) atoms. The van der Waals surface area contributed by atoms with Crippen LogP contribution >= 0.6 is 0 Å². The number of aryl methyl sites for hydroxylation is 1. The smallest absolute Gasteiger partial charge is 0.149 e. The van der Waals surface area contributed by atoms with Gasteiger partial charge in [0.15, 0.2) is 0 Å². The van der Waals surface area contributed by atoms with Crippen LogP contribution in [0.4, 0.5) is 4.39 Å². The lowest BCUT2D eigenvalue weighted by Gasteiger charge is -2.11. The molecule has 1 heterocycles. The number of benzene rings is 2. The second kappa shape index (κ2) is 10.8. The molecule has 4 rings (SSSR count). The normalized spacial score (nSPS) is 13.9. The van der Waals surface area contributed by atoms with Crippen molar-refractivity contribution in [2.45, 2.75) is 13.3 Å². The average molecular weight is 453 g/mol. The number of methoxy groups -OCH3 is 2. The van der Waals surface area contributed by atoms with Gasteiger partial charge in [0.2, 0.25) is 0 Å². The Morgan fingerprint density at radius 2 is 1.81 bits per heavy atom. The minimum atomic E-state index is -2.16. The van der Waals surface area contributed by atoms with Gasteiger partial charge in [0.1, 0.15) is 17.1 Å². The lowest BCUT2D eigenvalue weighted by atomic mass is 9.97. The number of allylic oxidation sites excluding steroid dienone is 4. The zero-order chi connectivity index (χ0) is 23.1. The summed E-state index contributed by atoms with van der Waals surface area (Å²) in [7, 11) is 3.20. The lowest BCUT2D eigenvalue weighted by Crippen LogP contribution is -1.92. The summed E-state index contributed by atoms with van der Waals surface area (Å²) in [5, 5.41) is 0.829. The van der Waals surface area contributed by atoms with Crippen molar-refractivity contribution in [1.29, 1.82) is 0 Å². The van der Waals surface area contributed by atoms with E-state index in [1.165, 1.54) is 12.1 Å². The predicted molar refractivity (Wildman–Crippen MR) is 124 cm³/mol. The van der Waals surface area contributed by atoms with Crippen molar-refractivity contribution in [2.75, 3.05) is 14.2 Å². The van der Waals surface area contributed by atoms with Gasteiger partial charge in [0.25, 0.3) is 0 Å². The van der Waals surface area contributed by atoms with Gasteiger partial charge in [-0.2, -0.15) is 0 Å². The monoisotopic (exact) mass is 452 g/mol. The number of pyridine rings is 1. The van der Waals surface area contributed by atoms with E-state index >= 15 is 0 Å². The summed E-state index contributed by atoms with van der Waals surface area (Å²) in [6.07, 6.45) is 8.84. The zero-order valence-electron chi connectivity index (χ0n) is 18.0. The third-order valence-electron chi connectivity index (χ3n) is 4.91. The number of halogens is 1. The Kier molecular flexibility index (Phi) is 7.92.